The minimum absolute atomic E-state index is 0.0744. The maximum Gasteiger partial charge on any atom is 0.121 e. The van der Waals surface area contributed by atoms with Gasteiger partial charge >= 0.3 is 0 Å². The highest BCUT2D eigenvalue weighted by atomic mass is 16.3. The maximum absolute atomic E-state index is 9.61. The first kappa shape index (κ1) is 14.0. The lowest BCUT2D eigenvalue weighted by Gasteiger charge is -2.16. The van der Waals surface area contributed by atoms with Crippen molar-refractivity contribution < 1.29 is 20.4 Å². The molecule has 2 atom stereocenters. The molecule has 2 unspecified atom stereocenters. The van der Waals surface area contributed by atoms with E-state index in [1.165, 1.54) is 6.07 Å². The molecule has 0 fully saturated rings. The van der Waals surface area contributed by atoms with Crippen LogP contribution in [0.3, 0.4) is 0 Å². The third kappa shape index (κ3) is 4.00. The number of phenols is 1. The zero-order chi connectivity index (χ0) is 12.8. The number of aliphatic hydroxyl groups excluding tert-OH is 3. The summed E-state index contributed by atoms with van der Waals surface area (Å²) in [5.74, 6) is 0.0744. The standard InChI is InChI=1S/C13H20O4/c1-2-11(15)13(17)6-4-9-3-5-12(16)10(7-9)8-14/h3,5,7,11,13-17H,2,4,6,8H2,1H3. The number of aliphatic hydroxyl groups is 3. The number of aromatic hydroxyl groups is 1. The van der Waals surface area contributed by atoms with Gasteiger partial charge in [0.25, 0.3) is 0 Å². The highest BCUT2D eigenvalue weighted by molar-refractivity contribution is 5.35. The molecular weight excluding hydrogens is 220 g/mol. The summed E-state index contributed by atoms with van der Waals surface area (Å²) >= 11 is 0. The Hall–Kier alpha value is -1.10. The molecule has 0 aliphatic carbocycles. The first-order chi connectivity index (χ1) is 8.08. The molecule has 0 aliphatic heterocycles. The summed E-state index contributed by atoms with van der Waals surface area (Å²) in [6.07, 6.45) is 0.172. The van der Waals surface area contributed by atoms with E-state index in [0.717, 1.165) is 5.56 Å². The van der Waals surface area contributed by atoms with Crippen LogP contribution in [0.25, 0.3) is 0 Å². The van der Waals surface area contributed by atoms with Crippen molar-refractivity contribution in [3.05, 3.63) is 29.3 Å². The average molecular weight is 240 g/mol. The Morgan fingerprint density at radius 3 is 2.47 bits per heavy atom. The van der Waals surface area contributed by atoms with Gasteiger partial charge in [-0.25, -0.2) is 0 Å². The molecule has 4 N–H and O–H groups in total. The molecule has 0 bridgehead atoms. The Balaban J connectivity index is 2.57. The third-order valence-electron chi connectivity index (χ3n) is 2.91. The van der Waals surface area contributed by atoms with Crippen molar-refractivity contribution >= 4 is 0 Å². The molecule has 1 rings (SSSR count). The third-order valence-corrected chi connectivity index (χ3v) is 2.91. The molecule has 0 aliphatic rings. The van der Waals surface area contributed by atoms with E-state index >= 15 is 0 Å². The lowest BCUT2D eigenvalue weighted by Crippen LogP contribution is -2.25. The zero-order valence-electron chi connectivity index (χ0n) is 10.0. The van der Waals surface area contributed by atoms with E-state index in [1.807, 2.05) is 6.92 Å². The van der Waals surface area contributed by atoms with Gasteiger partial charge in [0.1, 0.15) is 5.75 Å². The van der Waals surface area contributed by atoms with E-state index in [4.69, 9.17) is 5.11 Å². The largest absolute Gasteiger partial charge is 0.508 e. The van der Waals surface area contributed by atoms with Crippen molar-refractivity contribution in [1.82, 2.24) is 0 Å². The molecule has 0 heterocycles. The Morgan fingerprint density at radius 1 is 1.18 bits per heavy atom. The lowest BCUT2D eigenvalue weighted by molar-refractivity contribution is 0.0130. The molecule has 0 saturated heterocycles. The van der Waals surface area contributed by atoms with Crippen molar-refractivity contribution in [3.8, 4) is 5.75 Å². The van der Waals surface area contributed by atoms with E-state index in [0.29, 0.717) is 24.8 Å². The van der Waals surface area contributed by atoms with E-state index < -0.39 is 12.2 Å². The van der Waals surface area contributed by atoms with E-state index in [9.17, 15) is 15.3 Å². The highest BCUT2D eigenvalue weighted by Gasteiger charge is 2.14. The molecular formula is C13H20O4. The van der Waals surface area contributed by atoms with Gasteiger partial charge in [0, 0.05) is 5.56 Å². The van der Waals surface area contributed by atoms with E-state index in [2.05, 4.69) is 0 Å². The summed E-state index contributed by atoms with van der Waals surface area (Å²) in [4.78, 5) is 0. The summed E-state index contributed by atoms with van der Waals surface area (Å²) in [7, 11) is 0. The second-order valence-corrected chi connectivity index (χ2v) is 4.20. The van der Waals surface area contributed by atoms with Crippen molar-refractivity contribution in [2.45, 2.75) is 45.0 Å². The van der Waals surface area contributed by atoms with Gasteiger partial charge in [0.15, 0.2) is 0 Å². The van der Waals surface area contributed by atoms with Crippen LogP contribution in [0.4, 0.5) is 0 Å². The molecule has 0 aromatic heterocycles. The van der Waals surface area contributed by atoms with Crippen molar-refractivity contribution in [2.75, 3.05) is 0 Å². The summed E-state index contributed by atoms with van der Waals surface area (Å²) in [6.45, 7) is 1.61. The van der Waals surface area contributed by atoms with Crippen LogP contribution < -0.4 is 0 Å². The first-order valence-corrected chi connectivity index (χ1v) is 5.86. The van der Waals surface area contributed by atoms with Gasteiger partial charge < -0.3 is 20.4 Å². The number of benzene rings is 1. The molecule has 0 amide bonds. The Bertz CT molecular complexity index is 351. The fraction of sp³-hybridized carbons (Fsp3) is 0.538. The quantitative estimate of drug-likeness (QED) is 0.597. The van der Waals surface area contributed by atoms with Gasteiger partial charge in [-0.15, -0.1) is 0 Å². The van der Waals surface area contributed by atoms with E-state index in [1.54, 1.807) is 12.1 Å². The van der Waals surface area contributed by atoms with Crippen molar-refractivity contribution in [3.63, 3.8) is 0 Å². The molecule has 4 heteroatoms. The molecule has 0 saturated carbocycles. The first-order valence-electron chi connectivity index (χ1n) is 5.86. The van der Waals surface area contributed by atoms with Gasteiger partial charge in [0.2, 0.25) is 0 Å². The molecule has 0 radical (unpaired) electrons. The molecule has 17 heavy (non-hydrogen) atoms. The van der Waals surface area contributed by atoms with Crippen LogP contribution in [0, 0.1) is 0 Å². The molecule has 1 aromatic carbocycles. The Labute approximate surface area is 101 Å². The lowest BCUT2D eigenvalue weighted by atomic mass is 10.0. The monoisotopic (exact) mass is 240 g/mol. The second-order valence-electron chi connectivity index (χ2n) is 4.20. The van der Waals surface area contributed by atoms with Crippen molar-refractivity contribution in [2.24, 2.45) is 0 Å². The summed E-state index contributed by atoms with van der Waals surface area (Å²) in [5.41, 5.74) is 1.40. The number of hydrogen-bond acceptors (Lipinski definition) is 4. The van der Waals surface area contributed by atoms with Crippen LogP contribution in [0.15, 0.2) is 18.2 Å². The average Bonchev–Trinajstić information content (AvgIpc) is 2.36. The zero-order valence-corrected chi connectivity index (χ0v) is 10.0. The number of aryl methyl sites for hydroxylation is 1. The second kappa shape index (κ2) is 6.59. The fourth-order valence-corrected chi connectivity index (χ4v) is 1.70. The predicted octanol–water partition coefficient (Wildman–Crippen LogP) is 0.949. The number of hydrogen-bond donors (Lipinski definition) is 4. The minimum atomic E-state index is -0.730. The predicted molar refractivity (Wildman–Crippen MR) is 64.7 cm³/mol. The topological polar surface area (TPSA) is 80.9 Å². The smallest absolute Gasteiger partial charge is 0.121 e. The van der Waals surface area contributed by atoms with Crippen LogP contribution >= 0.6 is 0 Å². The van der Waals surface area contributed by atoms with E-state index in [-0.39, 0.29) is 12.4 Å². The maximum atomic E-state index is 9.61. The molecule has 0 spiro atoms. The Kier molecular flexibility index (Phi) is 5.41. The summed E-state index contributed by atoms with van der Waals surface area (Å²) < 4.78 is 0. The molecule has 4 nitrogen and oxygen atoms in total. The van der Waals surface area contributed by atoms with Gasteiger partial charge in [-0.05, 0) is 37.0 Å². The van der Waals surface area contributed by atoms with Crippen LogP contribution in [0.5, 0.6) is 5.75 Å². The van der Waals surface area contributed by atoms with Gasteiger partial charge in [-0.1, -0.05) is 13.0 Å². The van der Waals surface area contributed by atoms with Crippen LogP contribution in [-0.2, 0) is 13.0 Å². The highest BCUT2D eigenvalue weighted by Crippen LogP contribution is 2.19. The van der Waals surface area contributed by atoms with Crippen LogP contribution in [0.2, 0.25) is 0 Å². The van der Waals surface area contributed by atoms with Gasteiger partial charge in [-0.2, -0.15) is 0 Å². The van der Waals surface area contributed by atoms with Crippen LogP contribution in [0.1, 0.15) is 30.9 Å². The SMILES string of the molecule is CCC(O)C(O)CCc1ccc(O)c(CO)c1. The van der Waals surface area contributed by atoms with Gasteiger partial charge in [-0.3, -0.25) is 0 Å². The number of rotatable bonds is 6. The Morgan fingerprint density at radius 2 is 1.88 bits per heavy atom. The van der Waals surface area contributed by atoms with Crippen molar-refractivity contribution in [1.29, 1.82) is 0 Å². The molecule has 96 valence electrons. The summed E-state index contributed by atoms with van der Waals surface area (Å²) in [6, 6.07) is 4.99. The normalized spacial score (nSPS) is 14.6. The van der Waals surface area contributed by atoms with Crippen LogP contribution in [-0.4, -0.2) is 32.6 Å². The van der Waals surface area contributed by atoms with Gasteiger partial charge in [0.05, 0.1) is 18.8 Å². The fourth-order valence-electron chi connectivity index (χ4n) is 1.70. The summed E-state index contributed by atoms with van der Waals surface area (Å²) in [5, 5.41) is 37.4. The minimum Gasteiger partial charge on any atom is -0.508 e. The molecule has 1 aromatic rings.